The lowest BCUT2D eigenvalue weighted by Gasteiger charge is -2.24. The number of aromatic nitrogens is 1. The summed E-state index contributed by atoms with van der Waals surface area (Å²) >= 11 is 0. The highest BCUT2D eigenvalue weighted by Crippen LogP contribution is 2.06. The monoisotopic (exact) mass is 277 g/mol. The molecule has 104 valence electrons. The Hall–Kier alpha value is -2.97. The van der Waals surface area contributed by atoms with Crippen LogP contribution in [0.4, 0.5) is 0 Å². The number of piperazine rings is 1. The second-order valence-electron chi connectivity index (χ2n) is 4.05. The Morgan fingerprint density at radius 1 is 1.35 bits per heavy atom. The molecular weight excluding hydrogens is 266 g/mol. The molecule has 1 aliphatic rings. The van der Waals surface area contributed by atoms with Crippen molar-refractivity contribution >= 4 is 23.6 Å². The molecule has 9 nitrogen and oxygen atoms in total. The SMILES string of the molecule is NC(=NO)c1ccc(C(=O)N2CC(=O)NC(=O)C2)nc1. The van der Waals surface area contributed by atoms with Crippen LogP contribution >= 0.6 is 0 Å². The van der Waals surface area contributed by atoms with Gasteiger partial charge in [-0.3, -0.25) is 24.7 Å². The van der Waals surface area contributed by atoms with Gasteiger partial charge in [0.2, 0.25) is 11.8 Å². The quantitative estimate of drug-likeness (QED) is 0.193. The molecule has 0 aromatic carbocycles. The Labute approximate surface area is 113 Å². The highest BCUT2D eigenvalue weighted by Gasteiger charge is 2.27. The lowest BCUT2D eigenvalue weighted by atomic mass is 10.2. The smallest absolute Gasteiger partial charge is 0.273 e. The van der Waals surface area contributed by atoms with Crippen LogP contribution in [0.3, 0.4) is 0 Å². The van der Waals surface area contributed by atoms with Gasteiger partial charge in [-0.2, -0.15) is 0 Å². The molecule has 0 saturated carbocycles. The molecule has 2 rings (SSSR count). The number of carbonyl (C=O) groups excluding carboxylic acids is 3. The van der Waals surface area contributed by atoms with Crippen molar-refractivity contribution in [3.63, 3.8) is 0 Å². The summed E-state index contributed by atoms with van der Waals surface area (Å²) in [6.07, 6.45) is 1.26. The summed E-state index contributed by atoms with van der Waals surface area (Å²) in [5, 5.41) is 13.4. The first kappa shape index (κ1) is 13.5. The number of nitrogens with zero attached hydrogens (tertiary/aromatic N) is 3. The fraction of sp³-hybridized carbons (Fsp3) is 0.182. The number of nitrogens with one attached hydrogen (secondary N) is 1. The molecule has 4 N–H and O–H groups in total. The minimum atomic E-state index is -0.542. The van der Waals surface area contributed by atoms with E-state index in [4.69, 9.17) is 10.9 Å². The lowest BCUT2D eigenvalue weighted by molar-refractivity contribution is -0.135. The van der Waals surface area contributed by atoms with E-state index in [-0.39, 0.29) is 24.6 Å². The van der Waals surface area contributed by atoms with E-state index in [2.05, 4.69) is 15.5 Å². The zero-order chi connectivity index (χ0) is 14.7. The Morgan fingerprint density at radius 2 is 2.00 bits per heavy atom. The van der Waals surface area contributed by atoms with E-state index < -0.39 is 17.7 Å². The van der Waals surface area contributed by atoms with E-state index in [0.717, 1.165) is 4.90 Å². The fourth-order valence-corrected chi connectivity index (χ4v) is 1.67. The zero-order valence-electron chi connectivity index (χ0n) is 10.2. The summed E-state index contributed by atoms with van der Waals surface area (Å²) in [5.41, 5.74) is 5.77. The number of carbonyl (C=O) groups is 3. The van der Waals surface area contributed by atoms with Gasteiger partial charge in [0.15, 0.2) is 5.84 Å². The van der Waals surface area contributed by atoms with E-state index in [0.29, 0.717) is 5.56 Å². The third-order valence-electron chi connectivity index (χ3n) is 2.62. The van der Waals surface area contributed by atoms with Crippen molar-refractivity contribution in [3.05, 3.63) is 29.6 Å². The second-order valence-corrected chi connectivity index (χ2v) is 4.05. The number of amidine groups is 1. The van der Waals surface area contributed by atoms with E-state index in [1.165, 1.54) is 18.3 Å². The molecule has 1 aromatic rings. The summed E-state index contributed by atoms with van der Waals surface area (Å²) in [4.78, 5) is 39.4. The van der Waals surface area contributed by atoms with Crippen LogP contribution in [0.2, 0.25) is 0 Å². The molecule has 0 aliphatic carbocycles. The van der Waals surface area contributed by atoms with Crippen molar-refractivity contribution < 1.29 is 19.6 Å². The summed E-state index contributed by atoms with van der Waals surface area (Å²) in [7, 11) is 0. The zero-order valence-corrected chi connectivity index (χ0v) is 10.2. The van der Waals surface area contributed by atoms with Gasteiger partial charge in [-0.05, 0) is 12.1 Å². The standard InChI is InChI=1S/C11H11N5O4/c12-10(15-20)6-1-2-7(13-3-6)11(19)16-4-8(17)14-9(18)5-16/h1-3,20H,4-5H2,(H2,12,15)(H,14,17,18). The highest BCUT2D eigenvalue weighted by atomic mass is 16.4. The van der Waals surface area contributed by atoms with E-state index in [1.54, 1.807) is 0 Å². The third kappa shape index (κ3) is 2.71. The molecule has 1 aromatic heterocycles. The van der Waals surface area contributed by atoms with Gasteiger partial charge in [-0.25, -0.2) is 0 Å². The van der Waals surface area contributed by atoms with Crippen LogP contribution in [0.5, 0.6) is 0 Å². The molecule has 0 bridgehead atoms. The van der Waals surface area contributed by atoms with Crippen molar-refractivity contribution in [2.24, 2.45) is 10.9 Å². The third-order valence-corrected chi connectivity index (χ3v) is 2.62. The predicted molar refractivity (Wildman–Crippen MR) is 65.8 cm³/mol. The predicted octanol–water partition coefficient (Wildman–Crippen LogP) is -1.73. The van der Waals surface area contributed by atoms with Crippen molar-refractivity contribution in [2.75, 3.05) is 13.1 Å². The number of imide groups is 1. The molecular formula is C11H11N5O4. The summed E-state index contributed by atoms with van der Waals surface area (Å²) in [6, 6.07) is 2.81. The minimum Gasteiger partial charge on any atom is -0.409 e. The van der Waals surface area contributed by atoms with Gasteiger partial charge >= 0.3 is 0 Å². The van der Waals surface area contributed by atoms with Crippen LogP contribution in [0.25, 0.3) is 0 Å². The van der Waals surface area contributed by atoms with Crippen LogP contribution in [-0.2, 0) is 9.59 Å². The van der Waals surface area contributed by atoms with Crippen LogP contribution in [0.1, 0.15) is 16.1 Å². The first-order valence-corrected chi connectivity index (χ1v) is 5.57. The maximum Gasteiger partial charge on any atom is 0.273 e. The molecule has 2 heterocycles. The largest absolute Gasteiger partial charge is 0.409 e. The molecule has 0 radical (unpaired) electrons. The topological polar surface area (TPSA) is 138 Å². The maximum atomic E-state index is 12.1. The number of amides is 3. The molecule has 20 heavy (non-hydrogen) atoms. The molecule has 3 amide bonds. The lowest BCUT2D eigenvalue weighted by Crippen LogP contribution is -2.53. The van der Waals surface area contributed by atoms with Crippen LogP contribution in [0, 0.1) is 0 Å². The van der Waals surface area contributed by atoms with Gasteiger partial charge in [0, 0.05) is 11.8 Å². The fourth-order valence-electron chi connectivity index (χ4n) is 1.67. The molecule has 1 aliphatic heterocycles. The highest BCUT2D eigenvalue weighted by molar-refractivity contribution is 6.05. The first-order chi connectivity index (χ1) is 9.51. The maximum absolute atomic E-state index is 12.1. The van der Waals surface area contributed by atoms with E-state index >= 15 is 0 Å². The number of nitrogens with two attached hydrogens (primary N) is 1. The van der Waals surface area contributed by atoms with Crippen molar-refractivity contribution in [1.29, 1.82) is 0 Å². The van der Waals surface area contributed by atoms with Gasteiger partial charge in [0.05, 0.1) is 0 Å². The summed E-state index contributed by atoms with van der Waals surface area (Å²) in [5.74, 6) is -1.76. The van der Waals surface area contributed by atoms with Crippen LogP contribution in [0.15, 0.2) is 23.5 Å². The Kier molecular flexibility index (Phi) is 3.60. The molecule has 0 unspecified atom stereocenters. The number of hydrogen-bond acceptors (Lipinski definition) is 6. The van der Waals surface area contributed by atoms with Crippen molar-refractivity contribution in [1.82, 2.24) is 15.2 Å². The van der Waals surface area contributed by atoms with Gasteiger partial charge in [-0.15, -0.1) is 0 Å². The summed E-state index contributed by atoms with van der Waals surface area (Å²) < 4.78 is 0. The normalized spacial score (nSPS) is 16.0. The van der Waals surface area contributed by atoms with Crippen LogP contribution < -0.4 is 11.1 Å². The van der Waals surface area contributed by atoms with Crippen LogP contribution in [-0.4, -0.2) is 51.7 Å². The number of oxime groups is 1. The average Bonchev–Trinajstić information content (AvgIpc) is 2.45. The first-order valence-electron chi connectivity index (χ1n) is 5.57. The van der Waals surface area contributed by atoms with E-state index in [1.807, 2.05) is 0 Å². The Morgan fingerprint density at radius 3 is 2.50 bits per heavy atom. The molecule has 1 fully saturated rings. The van der Waals surface area contributed by atoms with E-state index in [9.17, 15) is 14.4 Å². The number of hydrogen-bond donors (Lipinski definition) is 3. The molecule has 0 atom stereocenters. The summed E-state index contributed by atoms with van der Waals surface area (Å²) in [6.45, 7) is -0.400. The molecule has 9 heteroatoms. The van der Waals surface area contributed by atoms with Gasteiger partial charge < -0.3 is 15.8 Å². The van der Waals surface area contributed by atoms with Gasteiger partial charge in [0.1, 0.15) is 18.8 Å². The van der Waals surface area contributed by atoms with Gasteiger partial charge in [0.25, 0.3) is 5.91 Å². The second kappa shape index (κ2) is 5.34. The number of pyridine rings is 1. The Bertz CT molecular complexity index is 579. The van der Waals surface area contributed by atoms with Crippen molar-refractivity contribution in [3.8, 4) is 0 Å². The molecule has 0 spiro atoms. The van der Waals surface area contributed by atoms with Crippen molar-refractivity contribution in [2.45, 2.75) is 0 Å². The number of rotatable bonds is 2. The Balaban J connectivity index is 2.17. The average molecular weight is 277 g/mol. The van der Waals surface area contributed by atoms with Gasteiger partial charge in [-0.1, -0.05) is 5.16 Å². The molecule has 1 saturated heterocycles. The minimum absolute atomic E-state index is 0.0574.